The lowest BCUT2D eigenvalue weighted by Crippen LogP contribution is -2.18. The number of nitriles is 1. The Balaban J connectivity index is 1.89. The van der Waals surface area contributed by atoms with Gasteiger partial charge in [-0.1, -0.05) is 34.1 Å². The normalized spacial score (nSPS) is 10.7. The standard InChI is InChI=1S/C19H18BrN3O2/c1-25-17-8-6-16(7-9-17)23-19(24)15(12-21)13-22-11-10-14-4-2-3-5-18(14)20/h2-9,13,22H,10-11H2,1H3,(H,23,24)/b15-13-. The molecule has 0 heterocycles. The Kier molecular flexibility index (Phi) is 7.05. The molecule has 0 saturated heterocycles. The van der Waals surface area contributed by atoms with Crippen LogP contribution in [0, 0.1) is 11.3 Å². The van der Waals surface area contributed by atoms with Gasteiger partial charge in [0.2, 0.25) is 0 Å². The molecule has 2 rings (SSSR count). The minimum atomic E-state index is -0.457. The average Bonchev–Trinajstić information content (AvgIpc) is 2.63. The zero-order valence-electron chi connectivity index (χ0n) is 13.8. The molecule has 0 fully saturated rings. The van der Waals surface area contributed by atoms with Crippen LogP contribution in [0.4, 0.5) is 5.69 Å². The molecule has 128 valence electrons. The van der Waals surface area contributed by atoms with Gasteiger partial charge in [-0.3, -0.25) is 4.79 Å². The maximum absolute atomic E-state index is 12.1. The highest BCUT2D eigenvalue weighted by Gasteiger charge is 2.09. The fraction of sp³-hybridized carbons (Fsp3) is 0.158. The van der Waals surface area contributed by atoms with Crippen molar-refractivity contribution < 1.29 is 9.53 Å². The van der Waals surface area contributed by atoms with Crippen LogP contribution < -0.4 is 15.4 Å². The van der Waals surface area contributed by atoms with E-state index in [4.69, 9.17) is 4.74 Å². The molecule has 0 unspecified atom stereocenters. The van der Waals surface area contributed by atoms with Crippen molar-refractivity contribution in [1.29, 1.82) is 5.26 Å². The number of nitrogens with one attached hydrogen (secondary N) is 2. The first-order valence-electron chi connectivity index (χ1n) is 7.66. The predicted molar refractivity (Wildman–Crippen MR) is 101 cm³/mol. The summed E-state index contributed by atoms with van der Waals surface area (Å²) in [6.07, 6.45) is 2.21. The Morgan fingerprint density at radius 3 is 2.60 bits per heavy atom. The second-order valence-corrected chi connectivity index (χ2v) is 6.00. The van der Waals surface area contributed by atoms with Gasteiger partial charge in [-0.05, 0) is 42.3 Å². The van der Waals surface area contributed by atoms with Gasteiger partial charge in [0.25, 0.3) is 5.91 Å². The molecule has 25 heavy (non-hydrogen) atoms. The molecule has 2 aromatic rings. The molecule has 0 aromatic heterocycles. The third-order valence-corrected chi connectivity index (χ3v) is 4.23. The Morgan fingerprint density at radius 2 is 1.96 bits per heavy atom. The van der Waals surface area contributed by atoms with Gasteiger partial charge in [-0.2, -0.15) is 5.26 Å². The zero-order valence-corrected chi connectivity index (χ0v) is 15.3. The quantitative estimate of drug-likeness (QED) is 0.423. The molecule has 0 spiro atoms. The second kappa shape index (κ2) is 9.50. The van der Waals surface area contributed by atoms with Gasteiger partial charge in [0.15, 0.2) is 0 Å². The van der Waals surface area contributed by atoms with E-state index in [-0.39, 0.29) is 5.57 Å². The van der Waals surface area contributed by atoms with Gasteiger partial charge in [-0.15, -0.1) is 0 Å². The predicted octanol–water partition coefficient (Wildman–Crippen LogP) is 3.64. The molecule has 2 N–H and O–H groups in total. The van der Waals surface area contributed by atoms with E-state index < -0.39 is 5.91 Å². The van der Waals surface area contributed by atoms with Crippen LogP contribution in [-0.2, 0) is 11.2 Å². The van der Waals surface area contributed by atoms with Crippen LogP contribution >= 0.6 is 15.9 Å². The Bertz CT molecular complexity index is 795. The van der Waals surface area contributed by atoms with Gasteiger partial charge in [-0.25, -0.2) is 0 Å². The lowest BCUT2D eigenvalue weighted by atomic mass is 10.1. The number of carbonyl (C=O) groups is 1. The van der Waals surface area contributed by atoms with Crippen LogP contribution in [0.15, 0.2) is 64.8 Å². The summed E-state index contributed by atoms with van der Waals surface area (Å²) < 4.78 is 6.10. The second-order valence-electron chi connectivity index (χ2n) is 5.15. The summed E-state index contributed by atoms with van der Waals surface area (Å²) >= 11 is 3.49. The van der Waals surface area contributed by atoms with E-state index >= 15 is 0 Å². The van der Waals surface area contributed by atoms with Gasteiger partial charge in [0, 0.05) is 22.9 Å². The van der Waals surface area contributed by atoms with E-state index in [9.17, 15) is 10.1 Å². The van der Waals surface area contributed by atoms with Crippen LogP contribution in [0.3, 0.4) is 0 Å². The molecule has 0 aliphatic carbocycles. The number of halogens is 1. The van der Waals surface area contributed by atoms with E-state index in [0.29, 0.717) is 18.0 Å². The summed E-state index contributed by atoms with van der Waals surface area (Å²) in [6, 6.07) is 16.7. The molecule has 0 radical (unpaired) electrons. The first-order valence-corrected chi connectivity index (χ1v) is 8.46. The number of rotatable bonds is 7. The van der Waals surface area contributed by atoms with E-state index in [0.717, 1.165) is 16.5 Å². The summed E-state index contributed by atoms with van der Waals surface area (Å²) in [6.45, 7) is 0.615. The molecule has 6 heteroatoms. The highest BCUT2D eigenvalue weighted by molar-refractivity contribution is 9.10. The van der Waals surface area contributed by atoms with E-state index in [2.05, 4.69) is 26.6 Å². The van der Waals surface area contributed by atoms with Gasteiger partial charge in [0.05, 0.1) is 7.11 Å². The monoisotopic (exact) mass is 399 g/mol. The Hall–Kier alpha value is -2.78. The summed E-state index contributed by atoms with van der Waals surface area (Å²) in [7, 11) is 1.57. The fourth-order valence-electron chi connectivity index (χ4n) is 2.10. The van der Waals surface area contributed by atoms with Crippen LogP contribution in [0.2, 0.25) is 0 Å². The van der Waals surface area contributed by atoms with Gasteiger partial charge >= 0.3 is 0 Å². The van der Waals surface area contributed by atoms with Crippen molar-refractivity contribution in [1.82, 2.24) is 5.32 Å². The van der Waals surface area contributed by atoms with Gasteiger partial charge < -0.3 is 15.4 Å². The van der Waals surface area contributed by atoms with Crippen molar-refractivity contribution in [2.45, 2.75) is 6.42 Å². The first-order chi connectivity index (χ1) is 12.1. The molecule has 1 amide bonds. The molecule has 0 atom stereocenters. The smallest absolute Gasteiger partial charge is 0.267 e. The Labute approximate surface area is 155 Å². The molecule has 0 saturated carbocycles. The molecule has 0 bridgehead atoms. The summed E-state index contributed by atoms with van der Waals surface area (Å²) in [5.41, 5.74) is 1.77. The summed E-state index contributed by atoms with van der Waals surface area (Å²) in [5.74, 6) is 0.240. The number of benzene rings is 2. The van der Waals surface area contributed by atoms with Crippen molar-refractivity contribution in [3.63, 3.8) is 0 Å². The number of nitrogens with zero attached hydrogens (tertiary/aromatic N) is 1. The maximum Gasteiger partial charge on any atom is 0.267 e. The third-order valence-electron chi connectivity index (χ3n) is 3.46. The van der Waals surface area contributed by atoms with Crippen molar-refractivity contribution in [2.75, 3.05) is 19.0 Å². The van der Waals surface area contributed by atoms with Crippen molar-refractivity contribution in [2.24, 2.45) is 0 Å². The lowest BCUT2D eigenvalue weighted by Gasteiger charge is -2.07. The molecule has 5 nitrogen and oxygen atoms in total. The molecular formula is C19H18BrN3O2. The van der Waals surface area contributed by atoms with E-state index in [1.54, 1.807) is 31.4 Å². The maximum atomic E-state index is 12.1. The van der Waals surface area contributed by atoms with Crippen molar-refractivity contribution in [3.05, 3.63) is 70.3 Å². The number of hydrogen-bond acceptors (Lipinski definition) is 4. The minimum absolute atomic E-state index is 0.0166. The van der Waals surface area contributed by atoms with Gasteiger partial charge in [0.1, 0.15) is 17.4 Å². The SMILES string of the molecule is COc1ccc(NC(=O)/C(C#N)=C\NCCc2ccccc2Br)cc1. The number of carbonyl (C=O) groups excluding carboxylic acids is 1. The topological polar surface area (TPSA) is 74.1 Å². The van der Waals surface area contributed by atoms with Crippen LogP contribution in [0.1, 0.15) is 5.56 Å². The minimum Gasteiger partial charge on any atom is -0.497 e. The van der Waals surface area contributed by atoms with Crippen LogP contribution in [-0.4, -0.2) is 19.6 Å². The molecule has 0 aliphatic rings. The highest BCUT2D eigenvalue weighted by atomic mass is 79.9. The zero-order chi connectivity index (χ0) is 18.1. The highest BCUT2D eigenvalue weighted by Crippen LogP contribution is 2.16. The van der Waals surface area contributed by atoms with E-state index in [1.807, 2.05) is 30.3 Å². The lowest BCUT2D eigenvalue weighted by molar-refractivity contribution is -0.112. The first kappa shape index (κ1) is 18.6. The number of methoxy groups -OCH3 is 1. The number of amides is 1. The van der Waals surface area contributed by atoms with E-state index in [1.165, 1.54) is 6.20 Å². The molecular weight excluding hydrogens is 382 g/mol. The van der Waals surface area contributed by atoms with Crippen molar-refractivity contribution >= 4 is 27.5 Å². The van der Waals surface area contributed by atoms with Crippen molar-refractivity contribution in [3.8, 4) is 11.8 Å². The Morgan fingerprint density at radius 1 is 1.24 bits per heavy atom. The molecule has 2 aromatic carbocycles. The average molecular weight is 400 g/mol. The number of ether oxygens (including phenoxy) is 1. The van der Waals surface area contributed by atoms with Crippen LogP contribution in [0.25, 0.3) is 0 Å². The fourth-order valence-corrected chi connectivity index (χ4v) is 2.59. The third kappa shape index (κ3) is 5.66. The summed E-state index contributed by atoms with van der Waals surface area (Å²) in [4.78, 5) is 12.1. The van der Waals surface area contributed by atoms with Crippen LogP contribution in [0.5, 0.6) is 5.75 Å². The molecule has 0 aliphatic heterocycles. The summed E-state index contributed by atoms with van der Waals surface area (Å²) in [5, 5.41) is 14.9. The number of anilines is 1. The largest absolute Gasteiger partial charge is 0.497 e. The number of hydrogen-bond donors (Lipinski definition) is 2.